The Morgan fingerprint density at radius 2 is 2.25 bits per heavy atom. The molecule has 1 unspecified atom stereocenters. The van der Waals surface area contributed by atoms with E-state index >= 15 is 0 Å². The van der Waals surface area contributed by atoms with Crippen molar-refractivity contribution in [2.45, 2.75) is 6.29 Å². The van der Waals surface area contributed by atoms with Crippen LogP contribution in [0.2, 0.25) is 5.28 Å². The Morgan fingerprint density at radius 1 is 1.35 bits per heavy atom. The Balaban J connectivity index is 1.76. The van der Waals surface area contributed by atoms with Crippen molar-refractivity contribution >= 4 is 23.3 Å². The summed E-state index contributed by atoms with van der Waals surface area (Å²) in [7, 11) is 0. The van der Waals surface area contributed by atoms with Gasteiger partial charge in [0.25, 0.3) is 0 Å². The molecule has 0 saturated carbocycles. The molecule has 0 bridgehead atoms. The summed E-state index contributed by atoms with van der Waals surface area (Å²) in [6.07, 6.45) is 0.830. The quantitative estimate of drug-likeness (QED) is 0.799. The summed E-state index contributed by atoms with van der Waals surface area (Å²) < 4.78 is 24.1. The average Bonchev–Trinajstić information content (AvgIpc) is 2.87. The monoisotopic (exact) mass is 293 g/mol. The molecule has 0 aliphatic carbocycles. The molecule has 2 aromatic rings. The first-order valence-corrected chi connectivity index (χ1v) is 6.18. The maximum absolute atomic E-state index is 13.1. The van der Waals surface area contributed by atoms with Crippen LogP contribution < -0.4 is 0 Å². The third kappa shape index (κ3) is 2.92. The van der Waals surface area contributed by atoms with E-state index in [1.807, 2.05) is 0 Å². The van der Waals surface area contributed by atoms with Crippen LogP contribution in [-0.2, 0) is 9.47 Å². The van der Waals surface area contributed by atoms with E-state index in [-0.39, 0.29) is 17.7 Å². The van der Waals surface area contributed by atoms with Crippen molar-refractivity contribution in [1.82, 2.24) is 9.97 Å². The Hall–Kier alpha value is -2.05. The minimum Gasteiger partial charge on any atom is -0.445 e. The zero-order valence-electron chi connectivity index (χ0n) is 10.2. The molecule has 1 aliphatic heterocycles. The van der Waals surface area contributed by atoms with Gasteiger partial charge in [0, 0.05) is 17.8 Å². The summed E-state index contributed by atoms with van der Waals surface area (Å²) in [5, 5.41) is 0.104. The molecule has 1 saturated heterocycles. The first-order chi connectivity index (χ1) is 9.70. The molecule has 0 spiro atoms. The summed E-state index contributed by atoms with van der Waals surface area (Å²) >= 11 is 5.67. The average molecular weight is 294 g/mol. The van der Waals surface area contributed by atoms with Crippen LogP contribution in [0, 0.1) is 5.82 Å². The number of halogens is 2. The van der Waals surface area contributed by atoms with Crippen molar-refractivity contribution in [3.63, 3.8) is 0 Å². The summed E-state index contributed by atoms with van der Waals surface area (Å²) in [6.45, 7) is 0.183. The van der Waals surface area contributed by atoms with Crippen LogP contribution in [0.1, 0.15) is 11.9 Å². The molecule has 0 N–H and O–H groups in total. The first kappa shape index (κ1) is 13.0. The molecule has 1 aromatic heterocycles. The number of hydrogen-bond donors (Lipinski definition) is 0. The number of nitrogens with zero attached hydrogens (tertiary/aromatic N) is 3. The molecule has 1 fully saturated rings. The van der Waals surface area contributed by atoms with Crippen LogP contribution in [0.25, 0.3) is 0 Å². The van der Waals surface area contributed by atoms with Crippen molar-refractivity contribution < 1.29 is 13.9 Å². The van der Waals surface area contributed by atoms with Gasteiger partial charge in [-0.3, -0.25) is 0 Å². The van der Waals surface area contributed by atoms with Crippen LogP contribution in [0.4, 0.5) is 10.2 Å². The molecule has 2 heterocycles. The normalized spacial score (nSPS) is 20.1. The maximum Gasteiger partial charge on any atom is 0.228 e. The van der Waals surface area contributed by atoms with Crippen molar-refractivity contribution in [2.24, 2.45) is 4.99 Å². The maximum atomic E-state index is 13.1. The number of hydrogen-bond acceptors (Lipinski definition) is 5. The molecule has 1 aliphatic rings. The van der Waals surface area contributed by atoms with Gasteiger partial charge >= 0.3 is 0 Å². The van der Waals surface area contributed by atoms with E-state index in [0.717, 1.165) is 0 Å². The highest BCUT2D eigenvalue weighted by atomic mass is 35.5. The second-order valence-corrected chi connectivity index (χ2v) is 4.34. The van der Waals surface area contributed by atoms with Gasteiger partial charge in [0.1, 0.15) is 12.4 Å². The number of rotatable bonds is 2. The highest BCUT2D eigenvalue weighted by Gasteiger charge is 2.24. The molecule has 20 heavy (non-hydrogen) atoms. The summed E-state index contributed by atoms with van der Waals surface area (Å²) in [4.78, 5) is 11.8. The van der Waals surface area contributed by atoms with Crippen LogP contribution in [0.15, 0.2) is 41.5 Å². The fourth-order valence-corrected chi connectivity index (χ4v) is 1.87. The lowest BCUT2D eigenvalue weighted by molar-refractivity contribution is -0.0246. The van der Waals surface area contributed by atoms with Gasteiger partial charge in [0.2, 0.25) is 17.5 Å². The topological polar surface area (TPSA) is 56.6 Å². The Labute approximate surface area is 119 Å². The van der Waals surface area contributed by atoms with Crippen molar-refractivity contribution in [1.29, 1.82) is 0 Å². The second kappa shape index (κ2) is 5.52. The van der Waals surface area contributed by atoms with E-state index in [0.29, 0.717) is 17.3 Å². The molecule has 1 atom stereocenters. The van der Waals surface area contributed by atoms with Gasteiger partial charge in [-0.25, -0.2) is 9.37 Å². The van der Waals surface area contributed by atoms with E-state index in [2.05, 4.69) is 15.0 Å². The number of aliphatic imine (C=N–C) groups is 1. The molecule has 7 heteroatoms. The number of ether oxygens (including phenoxy) is 2. The Morgan fingerprint density at radius 3 is 3.05 bits per heavy atom. The lowest BCUT2D eigenvalue weighted by atomic mass is 10.2. The standard InChI is InChI=1S/C13H9ClFN3O2/c14-13-16-5-4-10(18-13)17-11-7-19-12(20-11)8-2-1-3-9(15)6-8/h1-6,12H,7H2. The highest BCUT2D eigenvalue weighted by molar-refractivity contribution is 6.28. The van der Waals surface area contributed by atoms with Gasteiger partial charge in [-0.2, -0.15) is 9.98 Å². The second-order valence-electron chi connectivity index (χ2n) is 4.01. The molecule has 5 nitrogen and oxygen atoms in total. The third-order valence-corrected chi connectivity index (χ3v) is 2.75. The molecule has 102 valence electrons. The number of aromatic nitrogens is 2. The third-order valence-electron chi connectivity index (χ3n) is 2.57. The van der Waals surface area contributed by atoms with Crippen LogP contribution >= 0.6 is 11.6 Å². The smallest absolute Gasteiger partial charge is 0.228 e. The zero-order valence-corrected chi connectivity index (χ0v) is 10.9. The van der Waals surface area contributed by atoms with Gasteiger partial charge in [-0.15, -0.1) is 0 Å². The molecule has 0 radical (unpaired) electrons. The van der Waals surface area contributed by atoms with E-state index in [1.54, 1.807) is 18.2 Å². The van der Waals surface area contributed by atoms with Crippen LogP contribution in [0.5, 0.6) is 0 Å². The summed E-state index contributed by atoms with van der Waals surface area (Å²) in [6, 6.07) is 7.62. The minimum absolute atomic E-state index is 0.104. The minimum atomic E-state index is -0.665. The SMILES string of the molecule is Fc1cccc(C2OCC(=Nc3ccnc(Cl)n3)O2)c1. The van der Waals surface area contributed by atoms with Crippen LogP contribution in [-0.4, -0.2) is 22.5 Å². The van der Waals surface area contributed by atoms with Crippen LogP contribution in [0.3, 0.4) is 0 Å². The van der Waals surface area contributed by atoms with Crippen molar-refractivity contribution in [2.75, 3.05) is 6.61 Å². The van der Waals surface area contributed by atoms with E-state index in [9.17, 15) is 4.39 Å². The summed E-state index contributed by atoms with van der Waals surface area (Å²) in [5.41, 5.74) is 0.593. The Kier molecular flexibility index (Phi) is 3.58. The molecule has 0 amide bonds. The fourth-order valence-electron chi connectivity index (χ4n) is 1.73. The molecule has 1 aromatic carbocycles. The van der Waals surface area contributed by atoms with Gasteiger partial charge in [0.05, 0.1) is 0 Å². The predicted molar refractivity (Wildman–Crippen MR) is 70.3 cm³/mol. The van der Waals surface area contributed by atoms with Gasteiger partial charge in [-0.1, -0.05) is 12.1 Å². The van der Waals surface area contributed by atoms with Gasteiger partial charge in [-0.05, 0) is 23.7 Å². The molecular weight excluding hydrogens is 285 g/mol. The lowest BCUT2D eigenvalue weighted by Gasteiger charge is -2.08. The highest BCUT2D eigenvalue weighted by Crippen LogP contribution is 2.26. The largest absolute Gasteiger partial charge is 0.445 e. The molecular formula is C13H9ClFN3O2. The fraction of sp³-hybridized carbons (Fsp3) is 0.154. The molecule has 3 rings (SSSR count). The summed E-state index contributed by atoms with van der Waals surface area (Å²) in [5.74, 6) is 0.389. The van der Waals surface area contributed by atoms with E-state index in [1.165, 1.54) is 18.3 Å². The van der Waals surface area contributed by atoms with Gasteiger partial charge < -0.3 is 9.47 Å². The zero-order chi connectivity index (χ0) is 13.9. The van der Waals surface area contributed by atoms with E-state index in [4.69, 9.17) is 21.1 Å². The predicted octanol–water partition coefficient (Wildman–Crippen LogP) is 3.04. The van der Waals surface area contributed by atoms with Crippen molar-refractivity contribution in [3.8, 4) is 0 Å². The lowest BCUT2D eigenvalue weighted by Crippen LogP contribution is -2.01. The first-order valence-electron chi connectivity index (χ1n) is 5.80. The van der Waals surface area contributed by atoms with Crippen molar-refractivity contribution in [3.05, 3.63) is 53.2 Å². The number of benzene rings is 1. The Bertz CT molecular complexity index is 666. The van der Waals surface area contributed by atoms with E-state index < -0.39 is 6.29 Å². The van der Waals surface area contributed by atoms with Gasteiger partial charge in [0.15, 0.2) is 5.82 Å².